The van der Waals surface area contributed by atoms with Crippen molar-refractivity contribution in [3.8, 4) is 6.07 Å². The van der Waals surface area contributed by atoms with E-state index in [-0.39, 0.29) is 0 Å². The van der Waals surface area contributed by atoms with E-state index in [1.165, 1.54) is 6.42 Å². The number of fused-ring (bicyclic) bond motifs is 1. The Bertz CT molecular complexity index is 380. The monoisotopic (exact) mass is 203 g/mol. The Kier molecular flexibility index (Phi) is 1.07. The van der Waals surface area contributed by atoms with Crippen LogP contribution in [0.3, 0.4) is 0 Å². The minimum atomic E-state index is 0.477. The van der Waals surface area contributed by atoms with Crippen molar-refractivity contribution in [3.63, 3.8) is 0 Å². The Hall–Kier alpha value is -0.590. The summed E-state index contributed by atoms with van der Waals surface area (Å²) in [6.07, 6.45) is 3.97. The summed E-state index contributed by atoms with van der Waals surface area (Å²) in [6.45, 7) is 0. The topological polar surface area (TPSA) is 45.5 Å². The molecule has 0 spiro atoms. The maximum Gasteiger partial charge on any atom is 0.0902 e. The highest BCUT2D eigenvalue weighted by atomic mass is 16.6. The maximum absolute atomic E-state index is 8.93. The molecule has 0 amide bonds. The number of nitrogens with zero attached hydrogens (tertiary/aromatic N) is 1. The average molecular weight is 203 g/mol. The van der Waals surface area contributed by atoms with Gasteiger partial charge in [-0.25, -0.2) is 0 Å². The quantitative estimate of drug-likeness (QED) is 0.596. The minimum Gasteiger partial charge on any atom is -0.374 e. The number of rotatable bonds is 1. The van der Waals surface area contributed by atoms with Crippen molar-refractivity contribution in [1.82, 2.24) is 0 Å². The molecule has 3 aliphatic heterocycles. The van der Waals surface area contributed by atoms with E-state index in [4.69, 9.17) is 14.7 Å². The van der Waals surface area contributed by atoms with E-state index in [1.807, 2.05) is 0 Å². The first-order chi connectivity index (χ1) is 7.40. The largest absolute Gasteiger partial charge is 0.374 e. The predicted molar refractivity (Wildman–Crippen MR) is 49.6 cm³/mol. The first kappa shape index (κ1) is 7.65. The number of hydrogen-bond acceptors (Lipinski definition) is 3. The van der Waals surface area contributed by atoms with E-state index in [2.05, 4.69) is 6.07 Å². The van der Waals surface area contributed by atoms with Gasteiger partial charge in [0.05, 0.1) is 30.5 Å². The molecule has 15 heavy (non-hydrogen) atoms. The van der Waals surface area contributed by atoms with E-state index in [0.717, 1.165) is 12.3 Å². The summed E-state index contributed by atoms with van der Waals surface area (Å²) in [4.78, 5) is 0. The van der Waals surface area contributed by atoms with Crippen LogP contribution in [0.25, 0.3) is 0 Å². The molecule has 3 aliphatic carbocycles. The second-order valence-electron chi connectivity index (χ2n) is 5.86. The van der Waals surface area contributed by atoms with Crippen molar-refractivity contribution in [2.24, 2.45) is 29.6 Å². The van der Waals surface area contributed by atoms with E-state index >= 15 is 0 Å². The Morgan fingerprint density at radius 1 is 1.07 bits per heavy atom. The van der Waals surface area contributed by atoms with Crippen molar-refractivity contribution in [3.05, 3.63) is 0 Å². The van der Waals surface area contributed by atoms with Gasteiger partial charge in [-0.05, 0) is 24.2 Å². The lowest BCUT2D eigenvalue weighted by Gasteiger charge is -2.38. The van der Waals surface area contributed by atoms with E-state index in [0.29, 0.717) is 48.1 Å². The van der Waals surface area contributed by atoms with Gasteiger partial charge in [0, 0.05) is 18.3 Å². The summed E-state index contributed by atoms with van der Waals surface area (Å²) in [5.74, 6) is 3.33. The van der Waals surface area contributed by atoms with Gasteiger partial charge in [0.25, 0.3) is 0 Å². The molecule has 3 saturated heterocycles. The molecule has 6 rings (SSSR count). The summed E-state index contributed by atoms with van der Waals surface area (Å²) in [7, 11) is 0. The minimum absolute atomic E-state index is 0.477. The predicted octanol–water partition coefficient (Wildman–Crippen LogP) is 0.947. The van der Waals surface area contributed by atoms with Gasteiger partial charge in [-0.15, -0.1) is 0 Å². The molecule has 0 radical (unpaired) electrons. The molecule has 78 valence electrons. The molecule has 0 aromatic carbocycles. The zero-order valence-corrected chi connectivity index (χ0v) is 8.37. The zero-order valence-electron chi connectivity index (χ0n) is 8.37. The second-order valence-corrected chi connectivity index (χ2v) is 5.86. The number of hydrogen-bond donors (Lipinski definition) is 0. The van der Waals surface area contributed by atoms with E-state index in [9.17, 15) is 0 Å². The SMILES string of the molecule is N#CCC1C2CC3OC4C2C2OC2C4C31. The molecule has 6 aliphatic rings. The fourth-order valence-electron chi connectivity index (χ4n) is 5.37. The molecule has 3 nitrogen and oxygen atoms in total. The van der Waals surface area contributed by atoms with Crippen LogP contribution >= 0.6 is 0 Å². The normalized spacial score (nSPS) is 70.7. The molecule has 6 fully saturated rings. The fraction of sp³-hybridized carbons (Fsp3) is 0.917. The Morgan fingerprint density at radius 3 is 2.80 bits per heavy atom. The smallest absolute Gasteiger partial charge is 0.0902 e. The highest BCUT2D eigenvalue weighted by Gasteiger charge is 2.78. The summed E-state index contributed by atoms with van der Waals surface area (Å²) in [5, 5.41) is 8.93. The maximum atomic E-state index is 8.93. The van der Waals surface area contributed by atoms with Gasteiger partial charge in [0.1, 0.15) is 0 Å². The van der Waals surface area contributed by atoms with Crippen LogP contribution in [0, 0.1) is 40.9 Å². The van der Waals surface area contributed by atoms with Gasteiger partial charge in [-0.3, -0.25) is 0 Å². The summed E-state index contributed by atoms with van der Waals surface area (Å²) < 4.78 is 11.9. The average Bonchev–Trinajstić information content (AvgIpc) is 2.77. The third kappa shape index (κ3) is 0.636. The zero-order chi connectivity index (χ0) is 9.73. The molecule has 3 saturated carbocycles. The second kappa shape index (κ2) is 2.09. The molecule has 6 bridgehead atoms. The van der Waals surface area contributed by atoms with Crippen LogP contribution in [-0.4, -0.2) is 24.4 Å². The number of ether oxygens (including phenoxy) is 2. The van der Waals surface area contributed by atoms with Gasteiger partial charge in [-0.1, -0.05) is 0 Å². The highest BCUT2D eigenvalue weighted by molar-refractivity contribution is 5.25. The Balaban J connectivity index is 1.65. The highest BCUT2D eigenvalue weighted by Crippen LogP contribution is 2.71. The molecule has 3 heteroatoms. The molecular weight excluding hydrogens is 190 g/mol. The lowest BCUT2D eigenvalue weighted by atomic mass is 9.69. The van der Waals surface area contributed by atoms with E-state index < -0.39 is 0 Å². The van der Waals surface area contributed by atoms with Gasteiger partial charge < -0.3 is 9.47 Å². The first-order valence-corrected chi connectivity index (χ1v) is 6.08. The van der Waals surface area contributed by atoms with Crippen molar-refractivity contribution >= 4 is 0 Å². The molecule has 9 unspecified atom stereocenters. The summed E-state index contributed by atoms with van der Waals surface area (Å²) in [5.41, 5.74) is 0. The van der Waals surface area contributed by atoms with E-state index in [1.54, 1.807) is 0 Å². The number of epoxide rings is 1. The molecular formula is C12H13NO2. The summed E-state index contributed by atoms with van der Waals surface area (Å²) >= 11 is 0. The fourth-order valence-corrected chi connectivity index (χ4v) is 5.37. The van der Waals surface area contributed by atoms with Crippen LogP contribution < -0.4 is 0 Å². The molecule has 9 atom stereocenters. The van der Waals surface area contributed by atoms with Crippen LogP contribution in [0.2, 0.25) is 0 Å². The van der Waals surface area contributed by atoms with Crippen LogP contribution in [0.5, 0.6) is 0 Å². The van der Waals surface area contributed by atoms with Crippen LogP contribution in [0.15, 0.2) is 0 Å². The number of nitriles is 1. The van der Waals surface area contributed by atoms with Crippen LogP contribution in [0.4, 0.5) is 0 Å². The molecule has 0 aromatic heterocycles. The van der Waals surface area contributed by atoms with Crippen molar-refractivity contribution in [2.75, 3.05) is 0 Å². The first-order valence-electron chi connectivity index (χ1n) is 6.08. The van der Waals surface area contributed by atoms with Gasteiger partial charge in [0.15, 0.2) is 0 Å². The Morgan fingerprint density at radius 2 is 1.93 bits per heavy atom. The van der Waals surface area contributed by atoms with Gasteiger partial charge in [-0.2, -0.15) is 5.26 Å². The van der Waals surface area contributed by atoms with Crippen LogP contribution in [0.1, 0.15) is 12.8 Å². The lowest BCUT2D eigenvalue weighted by molar-refractivity contribution is -0.0758. The molecule has 3 heterocycles. The molecule has 0 aromatic rings. The lowest BCUT2D eigenvalue weighted by Crippen LogP contribution is -2.41. The standard InChI is InChI=1S/C12H13NO2/c13-2-1-4-5-3-6-7(4)9-10(14-6)8(5)11-12(9)15-11/h4-12H,1,3H2. The van der Waals surface area contributed by atoms with Crippen molar-refractivity contribution < 1.29 is 9.47 Å². The third-order valence-electron chi connectivity index (χ3n) is 5.65. The Labute approximate surface area is 88.3 Å². The summed E-state index contributed by atoms with van der Waals surface area (Å²) in [6, 6.07) is 2.38. The van der Waals surface area contributed by atoms with Crippen molar-refractivity contribution in [1.29, 1.82) is 5.26 Å². The molecule has 0 N–H and O–H groups in total. The third-order valence-corrected chi connectivity index (χ3v) is 5.65. The van der Waals surface area contributed by atoms with Crippen molar-refractivity contribution in [2.45, 2.75) is 37.3 Å². The van der Waals surface area contributed by atoms with Gasteiger partial charge >= 0.3 is 0 Å². The van der Waals surface area contributed by atoms with Gasteiger partial charge in [0.2, 0.25) is 0 Å². The van der Waals surface area contributed by atoms with Crippen LogP contribution in [-0.2, 0) is 9.47 Å².